The number of nitrogens with two attached hydrogens (primary N) is 1. The largest absolute Gasteiger partial charge is 0.379 e. The van der Waals surface area contributed by atoms with Crippen LogP contribution in [0, 0.1) is 11.3 Å². The summed E-state index contributed by atoms with van der Waals surface area (Å²) >= 11 is 0. The van der Waals surface area contributed by atoms with Crippen molar-refractivity contribution in [2.75, 3.05) is 7.11 Å². The molecule has 0 aromatic rings. The third-order valence-corrected chi connectivity index (χ3v) is 3.53. The van der Waals surface area contributed by atoms with Crippen LogP contribution in [0.15, 0.2) is 0 Å². The fourth-order valence-electron chi connectivity index (χ4n) is 2.51. The highest BCUT2D eigenvalue weighted by Gasteiger charge is 2.22. The molecule has 0 aliphatic carbocycles. The van der Waals surface area contributed by atoms with Gasteiger partial charge in [0.05, 0.1) is 5.60 Å². The van der Waals surface area contributed by atoms with E-state index in [-0.39, 0.29) is 5.60 Å². The lowest BCUT2D eigenvalue weighted by Crippen LogP contribution is -2.38. The molecule has 0 radical (unpaired) electrons. The predicted octanol–water partition coefficient (Wildman–Crippen LogP) is 3.49. The van der Waals surface area contributed by atoms with Gasteiger partial charge in [0.2, 0.25) is 0 Å². The van der Waals surface area contributed by atoms with E-state index in [1.54, 1.807) is 7.11 Å². The van der Waals surface area contributed by atoms with Gasteiger partial charge in [-0.1, -0.05) is 27.7 Å². The van der Waals surface area contributed by atoms with Crippen molar-refractivity contribution in [1.29, 1.82) is 0 Å². The Labute approximate surface area is 114 Å². The Morgan fingerprint density at radius 1 is 1.17 bits per heavy atom. The standard InChI is InChI=1S/C15H34N2O/c1-12(11-14(2,3)4)10-13(17-16)8-9-15(5,6)18-7/h12-13,17H,8-11,16H2,1-7H3. The molecule has 0 bridgehead atoms. The van der Waals surface area contributed by atoms with Crippen molar-refractivity contribution in [2.24, 2.45) is 17.2 Å². The van der Waals surface area contributed by atoms with Gasteiger partial charge in [0.15, 0.2) is 0 Å². The van der Waals surface area contributed by atoms with E-state index in [1.807, 2.05) is 0 Å². The monoisotopic (exact) mass is 258 g/mol. The maximum absolute atomic E-state index is 5.66. The first-order valence-corrected chi connectivity index (χ1v) is 7.11. The molecule has 0 aromatic carbocycles. The second kappa shape index (κ2) is 7.46. The van der Waals surface area contributed by atoms with Crippen LogP contribution in [0.4, 0.5) is 0 Å². The van der Waals surface area contributed by atoms with E-state index < -0.39 is 0 Å². The van der Waals surface area contributed by atoms with Crippen LogP contribution in [-0.4, -0.2) is 18.8 Å². The van der Waals surface area contributed by atoms with E-state index in [2.05, 4.69) is 47.0 Å². The zero-order chi connectivity index (χ0) is 14.4. The first-order valence-electron chi connectivity index (χ1n) is 7.11. The van der Waals surface area contributed by atoms with Crippen molar-refractivity contribution in [2.45, 2.75) is 78.9 Å². The van der Waals surface area contributed by atoms with E-state index in [9.17, 15) is 0 Å². The van der Waals surface area contributed by atoms with Gasteiger partial charge in [0.1, 0.15) is 0 Å². The number of methoxy groups -OCH3 is 1. The number of rotatable bonds is 8. The van der Waals surface area contributed by atoms with Gasteiger partial charge in [-0.2, -0.15) is 0 Å². The molecule has 3 nitrogen and oxygen atoms in total. The van der Waals surface area contributed by atoms with Gasteiger partial charge in [-0.3, -0.25) is 11.3 Å². The van der Waals surface area contributed by atoms with Gasteiger partial charge >= 0.3 is 0 Å². The minimum atomic E-state index is -0.0532. The molecule has 0 aromatic heterocycles. The fourth-order valence-corrected chi connectivity index (χ4v) is 2.51. The van der Waals surface area contributed by atoms with Crippen molar-refractivity contribution < 1.29 is 4.74 Å². The molecule has 18 heavy (non-hydrogen) atoms. The number of hydrogen-bond acceptors (Lipinski definition) is 3. The molecule has 0 aliphatic rings. The van der Waals surface area contributed by atoms with Gasteiger partial charge in [0.25, 0.3) is 0 Å². The quantitative estimate of drug-likeness (QED) is 0.517. The van der Waals surface area contributed by atoms with Crippen LogP contribution in [0.1, 0.15) is 67.2 Å². The summed E-state index contributed by atoms with van der Waals surface area (Å²) in [6.45, 7) is 13.4. The molecule has 3 heteroatoms. The minimum absolute atomic E-state index is 0.0532. The van der Waals surface area contributed by atoms with E-state index in [4.69, 9.17) is 10.6 Å². The number of hydrazine groups is 1. The maximum atomic E-state index is 5.66. The summed E-state index contributed by atoms with van der Waals surface area (Å²) in [6.07, 6.45) is 4.46. The van der Waals surface area contributed by atoms with E-state index in [0.29, 0.717) is 17.4 Å². The van der Waals surface area contributed by atoms with Gasteiger partial charge in [-0.15, -0.1) is 0 Å². The molecule has 0 amide bonds. The Kier molecular flexibility index (Phi) is 7.41. The minimum Gasteiger partial charge on any atom is -0.379 e. The summed E-state index contributed by atoms with van der Waals surface area (Å²) in [7, 11) is 1.77. The van der Waals surface area contributed by atoms with Crippen LogP contribution in [0.5, 0.6) is 0 Å². The number of nitrogens with one attached hydrogen (secondary N) is 1. The Morgan fingerprint density at radius 2 is 1.72 bits per heavy atom. The van der Waals surface area contributed by atoms with Crippen molar-refractivity contribution in [3.8, 4) is 0 Å². The average Bonchev–Trinajstić information content (AvgIpc) is 2.21. The van der Waals surface area contributed by atoms with Crippen LogP contribution in [0.3, 0.4) is 0 Å². The molecule has 0 saturated heterocycles. The molecule has 2 unspecified atom stereocenters. The van der Waals surface area contributed by atoms with Crippen molar-refractivity contribution in [1.82, 2.24) is 5.43 Å². The maximum Gasteiger partial charge on any atom is 0.0623 e. The molecule has 0 rings (SSSR count). The van der Waals surface area contributed by atoms with Gasteiger partial charge < -0.3 is 4.74 Å². The Balaban J connectivity index is 4.11. The summed E-state index contributed by atoms with van der Waals surface area (Å²) < 4.78 is 5.45. The van der Waals surface area contributed by atoms with Crippen LogP contribution in [-0.2, 0) is 4.74 Å². The highest BCUT2D eigenvalue weighted by atomic mass is 16.5. The second-order valence-corrected chi connectivity index (χ2v) is 7.47. The van der Waals surface area contributed by atoms with Crippen LogP contribution >= 0.6 is 0 Å². The summed E-state index contributed by atoms with van der Waals surface area (Å²) in [5.74, 6) is 6.36. The van der Waals surface area contributed by atoms with Gasteiger partial charge in [-0.05, 0) is 50.9 Å². The topological polar surface area (TPSA) is 47.3 Å². The Hall–Kier alpha value is -0.120. The third-order valence-electron chi connectivity index (χ3n) is 3.53. The van der Waals surface area contributed by atoms with E-state index in [0.717, 1.165) is 19.3 Å². The third kappa shape index (κ3) is 8.90. The Morgan fingerprint density at radius 3 is 2.11 bits per heavy atom. The fraction of sp³-hybridized carbons (Fsp3) is 1.00. The zero-order valence-corrected chi connectivity index (χ0v) is 13.5. The molecule has 2 atom stereocenters. The molecular formula is C15H34N2O. The predicted molar refractivity (Wildman–Crippen MR) is 79.3 cm³/mol. The van der Waals surface area contributed by atoms with Gasteiger partial charge in [-0.25, -0.2) is 0 Å². The lowest BCUT2D eigenvalue weighted by Gasteiger charge is -2.29. The molecule has 0 heterocycles. The highest BCUT2D eigenvalue weighted by molar-refractivity contribution is 4.76. The van der Waals surface area contributed by atoms with Crippen molar-refractivity contribution in [3.05, 3.63) is 0 Å². The summed E-state index contributed by atoms with van der Waals surface area (Å²) in [5.41, 5.74) is 3.30. The molecule has 0 saturated carbocycles. The smallest absolute Gasteiger partial charge is 0.0623 e. The lowest BCUT2D eigenvalue weighted by molar-refractivity contribution is 0.0110. The van der Waals surface area contributed by atoms with Crippen LogP contribution in [0.2, 0.25) is 0 Å². The lowest BCUT2D eigenvalue weighted by atomic mass is 9.82. The normalized spacial score (nSPS) is 16.7. The zero-order valence-electron chi connectivity index (χ0n) is 13.5. The van der Waals surface area contributed by atoms with E-state index in [1.165, 1.54) is 6.42 Å². The van der Waals surface area contributed by atoms with Crippen LogP contribution < -0.4 is 11.3 Å². The molecular weight excluding hydrogens is 224 g/mol. The molecule has 0 fully saturated rings. The highest BCUT2D eigenvalue weighted by Crippen LogP contribution is 2.28. The molecule has 110 valence electrons. The first-order chi connectivity index (χ1) is 8.09. The van der Waals surface area contributed by atoms with Crippen molar-refractivity contribution in [3.63, 3.8) is 0 Å². The Bertz CT molecular complexity index is 221. The van der Waals surface area contributed by atoms with E-state index >= 15 is 0 Å². The summed E-state index contributed by atoms with van der Waals surface area (Å²) in [4.78, 5) is 0. The van der Waals surface area contributed by atoms with Crippen molar-refractivity contribution >= 4 is 0 Å². The molecule has 0 spiro atoms. The summed E-state index contributed by atoms with van der Waals surface area (Å²) in [6, 6.07) is 0.386. The van der Waals surface area contributed by atoms with Crippen LogP contribution in [0.25, 0.3) is 0 Å². The number of hydrogen-bond donors (Lipinski definition) is 2. The SMILES string of the molecule is COC(C)(C)CCC(CC(C)CC(C)(C)C)NN. The molecule has 0 aliphatic heterocycles. The summed E-state index contributed by atoms with van der Waals surface area (Å²) in [5, 5.41) is 0. The van der Waals surface area contributed by atoms with Gasteiger partial charge in [0, 0.05) is 13.2 Å². The number of ether oxygens (including phenoxy) is 1. The molecule has 3 N–H and O–H groups in total. The first kappa shape index (κ1) is 17.9. The second-order valence-electron chi connectivity index (χ2n) is 7.47. The average molecular weight is 258 g/mol.